The molecule has 6 heteroatoms. The highest BCUT2D eigenvalue weighted by atomic mass is 32.2. The third kappa shape index (κ3) is 4.13. The quantitative estimate of drug-likeness (QED) is 0.526. The van der Waals surface area contributed by atoms with Gasteiger partial charge in [-0.05, 0) is 25.5 Å². The number of benzene rings is 1. The van der Waals surface area contributed by atoms with Crippen LogP contribution in [-0.2, 0) is 4.79 Å². The lowest BCUT2D eigenvalue weighted by Gasteiger charge is -2.07. The van der Waals surface area contributed by atoms with Crippen molar-refractivity contribution in [1.82, 2.24) is 15.3 Å². The molecule has 24 heavy (non-hydrogen) atoms. The lowest BCUT2D eigenvalue weighted by atomic mass is 10.2. The van der Waals surface area contributed by atoms with Crippen LogP contribution in [-0.4, -0.2) is 27.7 Å². The van der Waals surface area contributed by atoms with E-state index in [1.165, 1.54) is 10.4 Å². The van der Waals surface area contributed by atoms with E-state index in [0.29, 0.717) is 12.2 Å². The van der Waals surface area contributed by atoms with Crippen LogP contribution in [0.25, 0.3) is 20.7 Å². The highest BCUT2D eigenvalue weighted by Crippen LogP contribution is 2.36. The topological polar surface area (TPSA) is 54.9 Å². The van der Waals surface area contributed by atoms with Crippen LogP contribution in [0.2, 0.25) is 0 Å². The van der Waals surface area contributed by atoms with Gasteiger partial charge in [0.15, 0.2) is 0 Å². The fourth-order valence-corrected chi connectivity index (χ4v) is 4.31. The van der Waals surface area contributed by atoms with Crippen molar-refractivity contribution in [2.75, 3.05) is 5.75 Å². The molecule has 0 spiro atoms. The van der Waals surface area contributed by atoms with Gasteiger partial charge in [-0.2, -0.15) is 0 Å². The van der Waals surface area contributed by atoms with Crippen molar-refractivity contribution in [1.29, 1.82) is 0 Å². The molecule has 124 valence electrons. The Labute approximate surface area is 149 Å². The maximum absolute atomic E-state index is 11.7. The van der Waals surface area contributed by atoms with Gasteiger partial charge in [-0.1, -0.05) is 30.3 Å². The summed E-state index contributed by atoms with van der Waals surface area (Å²) in [5.74, 6) is 0.791. The minimum Gasteiger partial charge on any atom is -0.354 e. The van der Waals surface area contributed by atoms with Gasteiger partial charge in [-0.3, -0.25) is 4.79 Å². The van der Waals surface area contributed by atoms with E-state index >= 15 is 0 Å². The Bertz CT molecular complexity index is 831. The summed E-state index contributed by atoms with van der Waals surface area (Å²) in [5.41, 5.74) is 1.19. The van der Waals surface area contributed by atoms with E-state index in [4.69, 9.17) is 0 Å². The molecule has 0 unspecified atom stereocenters. The van der Waals surface area contributed by atoms with Crippen LogP contribution >= 0.6 is 23.1 Å². The van der Waals surface area contributed by atoms with Crippen LogP contribution < -0.4 is 5.32 Å². The molecule has 3 rings (SSSR count). The third-order valence-electron chi connectivity index (χ3n) is 3.37. The van der Waals surface area contributed by atoms with E-state index in [-0.39, 0.29) is 11.9 Å². The van der Waals surface area contributed by atoms with Crippen molar-refractivity contribution in [2.45, 2.75) is 31.3 Å². The predicted octanol–water partition coefficient (Wildman–Crippen LogP) is 4.37. The molecule has 0 radical (unpaired) electrons. The number of thioether (sulfide) groups is 1. The van der Waals surface area contributed by atoms with Gasteiger partial charge in [0.1, 0.15) is 16.2 Å². The Kier molecular flexibility index (Phi) is 5.48. The number of carbonyl (C=O) groups is 1. The first-order chi connectivity index (χ1) is 11.6. The highest BCUT2D eigenvalue weighted by Gasteiger charge is 2.11. The SMILES string of the molecule is CC(C)NC(=O)CCSc1ncnc2sc(-c3ccccc3)cc12. The summed E-state index contributed by atoms with van der Waals surface area (Å²) in [6.45, 7) is 3.94. The number of hydrogen-bond donors (Lipinski definition) is 1. The number of rotatable bonds is 6. The Morgan fingerprint density at radius 2 is 2.04 bits per heavy atom. The molecular formula is C18H19N3OS2. The second-order valence-electron chi connectivity index (χ2n) is 5.70. The molecule has 1 N–H and O–H groups in total. The van der Waals surface area contributed by atoms with Crippen molar-refractivity contribution in [3.63, 3.8) is 0 Å². The molecule has 3 aromatic rings. The number of amides is 1. The van der Waals surface area contributed by atoms with E-state index in [1.807, 2.05) is 32.0 Å². The molecule has 0 fully saturated rings. The van der Waals surface area contributed by atoms with Crippen LogP contribution in [0.15, 0.2) is 47.8 Å². The molecule has 0 aliphatic rings. The first-order valence-electron chi connectivity index (χ1n) is 7.85. The molecule has 2 aromatic heterocycles. The number of nitrogens with one attached hydrogen (secondary N) is 1. The number of nitrogens with zero attached hydrogens (tertiary/aromatic N) is 2. The lowest BCUT2D eigenvalue weighted by Crippen LogP contribution is -2.30. The number of aromatic nitrogens is 2. The van der Waals surface area contributed by atoms with Crippen LogP contribution in [0.4, 0.5) is 0 Å². The zero-order valence-electron chi connectivity index (χ0n) is 13.7. The zero-order chi connectivity index (χ0) is 16.9. The second kappa shape index (κ2) is 7.77. The first kappa shape index (κ1) is 16.9. The maximum atomic E-state index is 11.7. The van der Waals surface area contributed by atoms with E-state index in [2.05, 4.69) is 33.5 Å². The van der Waals surface area contributed by atoms with Crippen molar-refractivity contribution in [2.24, 2.45) is 0 Å². The molecule has 0 saturated carbocycles. The summed E-state index contributed by atoms with van der Waals surface area (Å²) in [6.07, 6.45) is 2.09. The molecule has 0 aliphatic carbocycles. The van der Waals surface area contributed by atoms with Gasteiger partial charge < -0.3 is 5.32 Å². The summed E-state index contributed by atoms with van der Waals surface area (Å²) >= 11 is 3.28. The highest BCUT2D eigenvalue weighted by molar-refractivity contribution is 7.99. The normalized spacial score (nSPS) is 11.1. The lowest BCUT2D eigenvalue weighted by molar-refractivity contribution is -0.121. The number of thiophene rings is 1. The standard InChI is InChI=1S/C18H19N3OS2/c1-12(2)21-16(22)8-9-23-17-14-10-15(13-6-4-3-5-7-13)24-18(14)20-11-19-17/h3-7,10-12H,8-9H2,1-2H3,(H,21,22). The molecule has 0 aliphatic heterocycles. The van der Waals surface area contributed by atoms with Crippen LogP contribution in [0.3, 0.4) is 0 Å². The largest absolute Gasteiger partial charge is 0.354 e. The number of carbonyl (C=O) groups excluding carboxylic acids is 1. The Morgan fingerprint density at radius 1 is 1.25 bits per heavy atom. The summed E-state index contributed by atoms with van der Waals surface area (Å²) in [4.78, 5) is 22.7. The van der Waals surface area contributed by atoms with Gasteiger partial charge in [-0.15, -0.1) is 23.1 Å². The fourth-order valence-electron chi connectivity index (χ4n) is 2.33. The van der Waals surface area contributed by atoms with Gasteiger partial charge in [-0.25, -0.2) is 9.97 Å². The molecule has 0 atom stereocenters. The molecular weight excluding hydrogens is 338 g/mol. The first-order valence-corrected chi connectivity index (χ1v) is 9.66. The minimum absolute atomic E-state index is 0.0816. The number of hydrogen-bond acceptors (Lipinski definition) is 5. The summed E-state index contributed by atoms with van der Waals surface area (Å²) in [5, 5.41) is 4.91. The smallest absolute Gasteiger partial charge is 0.221 e. The second-order valence-corrected chi connectivity index (χ2v) is 7.81. The van der Waals surface area contributed by atoms with Gasteiger partial charge in [0.2, 0.25) is 5.91 Å². The molecule has 0 saturated heterocycles. The average molecular weight is 358 g/mol. The Balaban J connectivity index is 1.74. The van der Waals surface area contributed by atoms with Crippen LogP contribution in [0.5, 0.6) is 0 Å². The number of fused-ring (bicyclic) bond motifs is 1. The van der Waals surface area contributed by atoms with Gasteiger partial charge >= 0.3 is 0 Å². The summed E-state index contributed by atoms with van der Waals surface area (Å²) in [7, 11) is 0. The maximum Gasteiger partial charge on any atom is 0.221 e. The van der Waals surface area contributed by atoms with E-state index in [0.717, 1.165) is 15.2 Å². The van der Waals surface area contributed by atoms with E-state index in [9.17, 15) is 4.79 Å². The zero-order valence-corrected chi connectivity index (χ0v) is 15.3. The van der Waals surface area contributed by atoms with Gasteiger partial charge in [0, 0.05) is 28.5 Å². The summed E-state index contributed by atoms with van der Waals surface area (Å²) < 4.78 is 0. The summed E-state index contributed by atoms with van der Waals surface area (Å²) in [6, 6.07) is 12.6. The molecule has 2 heterocycles. The minimum atomic E-state index is 0.0816. The fraction of sp³-hybridized carbons (Fsp3) is 0.278. The average Bonchev–Trinajstić information content (AvgIpc) is 3.00. The molecule has 0 bridgehead atoms. The predicted molar refractivity (Wildman–Crippen MR) is 101 cm³/mol. The van der Waals surface area contributed by atoms with Crippen molar-refractivity contribution in [3.8, 4) is 10.4 Å². The monoisotopic (exact) mass is 357 g/mol. The van der Waals surface area contributed by atoms with E-state index in [1.54, 1.807) is 29.4 Å². The third-order valence-corrected chi connectivity index (χ3v) is 5.47. The van der Waals surface area contributed by atoms with Crippen molar-refractivity contribution < 1.29 is 4.79 Å². The van der Waals surface area contributed by atoms with Gasteiger partial charge in [0.05, 0.1) is 0 Å². The molecule has 1 aromatic carbocycles. The Hall–Kier alpha value is -1.92. The molecule has 4 nitrogen and oxygen atoms in total. The van der Waals surface area contributed by atoms with Gasteiger partial charge in [0.25, 0.3) is 0 Å². The van der Waals surface area contributed by atoms with Crippen molar-refractivity contribution >= 4 is 39.2 Å². The van der Waals surface area contributed by atoms with Crippen LogP contribution in [0.1, 0.15) is 20.3 Å². The van der Waals surface area contributed by atoms with Crippen molar-refractivity contribution in [3.05, 3.63) is 42.7 Å². The van der Waals surface area contributed by atoms with Crippen LogP contribution in [0, 0.1) is 0 Å². The molecule has 1 amide bonds. The Morgan fingerprint density at radius 3 is 2.79 bits per heavy atom. The van der Waals surface area contributed by atoms with E-state index < -0.39 is 0 Å².